The predicted molar refractivity (Wildman–Crippen MR) is 108 cm³/mol. The molecule has 1 aromatic carbocycles. The largest absolute Gasteiger partial charge is 0.369 e. The fraction of sp³-hybridized carbons (Fsp3) is 0.619. The molecule has 4 bridgehead atoms. The molecule has 2 unspecified atom stereocenters. The Hall–Kier alpha value is -2.07. The van der Waals surface area contributed by atoms with Crippen LogP contribution in [0.5, 0.6) is 0 Å². The van der Waals surface area contributed by atoms with E-state index in [0.717, 1.165) is 37.5 Å². The maximum Gasteiger partial charge on any atom is 0.247 e. The van der Waals surface area contributed by atoms with E-state index in [2.05, 4.69) is 10.0 Å². The molecule has 2 amide bonds. The summed E-state index contributed by atoms with van der Waals surface area (Å²) >= 11 is 0. The zero-order valence-electron chi connectivity index (χ0n) is 17.5. The summed E-state index contributed by atoms with van der Waals surface area (Å²) in [6.45, 7) is 2.67. The van der Waals surface area contributed by atoms with E-state index in [0.29, 0.717) is 19.3 Å². The third-order valence-electron chi connectivity index (χ3n) is 7.11. The molecule has 0 aliphatic heterocycles. The summed E-state index contributed by atoms with van der Waals surface area (Å²) in [6.07, 6.45) is 4.27. The highest BCUT2D eigenvalue weighted by Gasteiger charge is 2.61. The quantitative estimate of drug-likeness (QED) is 0.608. The summed E-state index contributed by atoms with van der Waals surface area (Å²) < 4.78 is 55.5. The molecule has 1 aromatic rings. The lowest BCUT2D eigenvalue weighted by Crippen LogP contribution is -2.68. The van der Waals surface area contributed by atoms with Gasteiger partial charge < -0.3 is 11.1 Å². The molecule has 0 heterocycles. The number of hydrogen-bond donors (Lipinski definition) is 3. The normalized spacial score (nSPS) is 32.1. The monoisotopic (exact) mass is 455 g/mol. The van der Waals surface area contributed by atoms with Gasteiger partial charge in [0.05, 0.1) is 5.41 Å². The SMILES string of the molecule is CC(C)(NS(=O)(=O)c1c(F)cccc1F)C(=O)NC12CC3CC(C1)CC(C(N)=O)(C3)C2. The Morgan fingerprint density at radius 1 is 1.10 bits per heavy atom. The molecule has 0 spiro atoms. The average molecular weight is 456 g/mol. The Bertz CT molecular complexity index is 1020. The maximum absolute atomic E-state index is 14.0. The van der Waals surface area contributed by atoms with Crippen LogP contribution in [0.2, 0.25) is 0 Å². The molecule has 0 aromatic heterocycles. The van der Waals surface area contributed by atoms with Gasteiger partial charge in [0.25, 0.3) is 0 Å². The first-order valence-corrected chi connectivity index (χ1v) is 11.9. The van der Waals surface area contributed by atoms with Crippen molar-refractivity contribution in [3.63, 3.8) is 0 Å². The van der Waals surface area contributed by atoms with Gasteiger partial charge in [-0.25, -0.2) is 17.2 Å². The van der Waals surface area contributed by atoms with Crippen LogP contribution in [-0.4, -0.2) is 31.3 Å². The van der Waals surface area contributed by atoms with E-state index in [-0.39, 0.29) is 17.7 Å². The van der Waals surface area contributed by atoms with Crippen molar-refractivity contribution in [2.24, 2.45) is 23.0 Å². The zero-order chi connectivity index (χ0) is 22.8. The van der Waals surface area contributed by atoms with E-state index in [1.807, 2.05) is 0 Å². The van der Waals surface area contributed by atoms with Gasteiger partial charge in [-0.05, 0) is 76.3 Å². The molecule has 4 aliphatic rings. The van der Waals surface area contributed by atoms with Gasteiger partial charge in [-0.1, -0.05) is 6.07 Å². The number of sulfonamides is 1. The number of halogens is 2. The van der Waals surface area contributed by atoms with Crippen LogP contribution in [0.3, 0.4) is 0 Å². The van der Waals surface area contributed by atoms with Crippen LogP contribution in [-0.2, 0) is 19.6 Å². The Morgan fingerprint density at radius 2 is 1.65 bits per heavy atom. The van der Waals surface area contributed by atoms with Gasteiger partial charge in [0, 0.05) is 5.54 Å². The smallest absolute Gasteiger partial charge is 0.247 e. The van der Waals surface area contributed by atoms with E-state index >= 15 is 0 Å². The number of rotatable bonds is 6. The van der Waals surface area contributed by atoms with Gasteiger partial charge in [0.1, 0.15) is 17.2 Å². The highest BCUT2D eigenvalue weighted by Crippen LogP contribution is 2.61. The van der Waals surface area contributed by atoms with Crippen molar-refractivity contribution in [3.8, 4) is 0 Å². The molecule has 2 atom stereocenters. The van der Waals surface area contributed by atoms with Gasteiger partial charge in [0.15, 0.2) is 4.90 Å². The Balaban J connectivity index is 1.56. The minimum Gasteiger partial charge on any atom is -0.369 e. The molecule has 4 fully saturated rings. The molecule has 0 radical (unpaired) electrons. The Morgan fingerprint density at radius 3 is 2.16 bits per heavy atom. The molecular weight excluding hydrogens is 428 g/mol. The second-order valence-corrected chi connectivity index (χ2v) is 11.7. The molecule has 10 heteroatoms. The third kappa shape index (κ3) is 3.73. The molecule has 4 N–H and O–H groups in total. The van der Waals surface area contributed by atoms with Crippen LogP contribution >= 0.6 is 0 Å². The van der Waals surface area contributed by atoms with Crippen molar-refractivity contribution in [3.05, 3.63) is 29.8 Å². The predicted octanol–water partition coefficient (Wildman–Crippen LogP) is 1.96. The van der Waals surface area contributed by atoms with Gasteiger partial charge in [-0.2, -0.15) is 4.72 Å². The number of nitrogens with one attached hydrogen (secondary N) is 2. The van der Waals surface area contributed by atoms with Crippen LogP contribution in [0, 0.1) is 28.9 Å². The van der Waals surface area contributed by atoms with Crippen molar-refractivity contribution in [2.75, 3.05) is 0 Å². The first-order chi connectivity index (χ1) is 14.3. The van der Waals surface area contributed by atoms with Gasteiger partial charge in [0.2, 0.25) is 21.8 Å². The third-order valence-corrected chi connectivity index (χ3v) is 8.81. The fourth-order valence-electron chi connectivity index (χ4n) is 6.27. The fourth-order valence-corrected chi connectivity index (χ4v) is 7.78. The lowest BCUT2D eigenvalue weighted by Gasteiger charge is -2.61. The van der Waals surface area contributed by atoms with Crippen LogP contribution in [0.25, 0.3) is 0 Å². The zero-order valence-corrected chi connectivity index (χ0v) is 18.3. The molecular formula is C21H27F2N3O4S. The van der Waals surface area contributed by atoms with E-state index in [9.17, 15) is 26.8 Å². The van der Waals surface area contributed by atoms with Gasteiger partial charge in [-0.15, -0.1) is 0 Å². The summed E-state index contributed by atoms with van der Waals surface area (Å²) in [5.74, 6) is -2.89. The maximum atomic E-state index is 14.0. The van der Waals surface area contributed by atoms with Crippen LogP contribution in [0.4, 0.5) is 8.78 Å². The second-order valence-electron chi connectivity index (χ2n) is 10.1. The molecule has 4 aliphatic carbocycles. The highest BCUT2D eigenvalue weighted by atomic mass is 32.2. The van der Waals surface area contributed by atoms with Crippen molar-refractivity contribution in [1.29, 1.82) is 0 Å². The van der Waals surface area contributed by atoms with Crippen molar-refractivity contribution in [1.82, 2.24) is 10.0 Å². The Kier molecular flexibility index (Phi) is 4.97. The number of amides is 2. The minimum atomic E-state index is -4.65. The minimum absolute atomic E-state index is 0.279. The number of carbonyl (C=O) groups is 2. The number of primary amides is 1. The van der Waals surface area contributed by atoms with Gasteiger partial charge in [-0.3, -0.25) is 9.59 Å². The van der Waals surface area contributed by atoms with E-state index in [4.69, 9.17) is 5.73 Å². The lowest BCUT2D eigenvalue weighted by atomic mass is 9.46. The second kappa shape index (κ2) is 6.96. The standard InChI is InChI=1S/C21H27F2N3O4S/c1-19(2,26-31(29,30)16-14(22)4-3-5-15(16)23)18(28)25-21-9-12-6-13(10-21)8-20(7-12,11-21)17(24)27/h3-5,12-13,26H,6-11H2,1-2H3,(H2,24,27)(H,25,28). The Labute approximate surface area is 180 Å². The number of carbonyl (C=O) groups excluding carboxylic acids is 2. The summed E-state index contributed by atoms with van der Waals surface area (Å²) in [5, 5.41) is 2.99. The summed E-state index contributed by atoms with van der Waals surface area (Å²) in [4.78, 5) is 24.3. The van der Waals surface area contributed by atoms with Crippen LogP contribution < -0.4 is 15.8 Å². The molecule has 5 rings (SSSR count). The molecule has 0 saturated heterocycles. The average Bonchev–Trinajstić information content (AvgIpc) is 2.58. The van der Waals surface area contributed by atoms with Gasteiger partial charge >= 0.3 is 0 Å². The van der Waals surface area contributed by atoms with Crippen molar-refractivity contribution in [2.45, 2.75) is 68.3 Å². The van der Waals surface area contributed by atoms with Crippen LogP contribution in [0.1, 0.15) is 52.4 Å². The van der Waals surface area contributed by atoms with Crippen molar-refractivity contribution < 1.29 is 26.8 Å². The summed E-state index contributed by atoms with van der Waals surface area (Å²) in [7, 11) is -4.65. The van der Waals surface area contributed by atoms with E-state index in [1.54, 1.807) is 0 Å². The van der Waals surface area contributed by atoms with Crippen molar-refractivity contribution >= 4 is 21.8 Å². The van der Waals surface area contributed by atoms with Crippen LogP contribution in [0.15, 0.2) is 23.1 Å². The molecule has 4 saturated carbocycles. The lowest BCUT2D eigenvalue weighted by molar-refractivity contribution is -0.151. The number of benzene rings is 1. The first kappa shape index (κ1) is 22.1. The number of nitrogens with two attached hydrogens (primary N) is 1. The topological polar surface area (TPSA) is 118 Å². The molecule has 31 heavy (non-hydrogen) atoms. The summed E-state index contributed by atoms with van der Waals surface area (Å²) in [5.41, 5.74) is 2.77. The molecule has 170 valence electrons. The first-order valence-electron chi connectivity index (χ1n) is 10.4. The summed E-state index contributed by atoms with van der Waals surface area (Å²) in [6, 6.07) is 2.73. The number of hydrogen-bond acceptors (Lipinski definition) is 4. The van der Waals surface area contributed by atoms with E-state index in [1.165, 1.54) is 13.8 Å². The molecule has 7 nitrogen and oxygen atoms in total. The van der Waals surface area contributed by atoms with E-state index < -0.39 is 49.0 Å². The highest BCUT2D eigenvalue weighted by molar-refractivity contribution is 7.89.